The topological polar surface area (TPSA) is 57.8 Å². The van der Waals surface area contributed by atoms with Crippen LogP contribution in [0.1, 0.15) is 31.7 Å². The summed E-state index contributed by atoms with van der Waals surface area (Å²) in [6, 6.07) is 10.3. The van der Waals surface area contributed by atoms with Gasteiger partial charge in [-0.15, -0.1) is 5.10 Å². The molecule has 0 spiro atoms. The SMILES string of the molecule is COc1ccc(-c2cn(-c3ccn(C4CCCC4)n3)nn2)cc1. The Labute approximate surface area is 134 Å². The van der Waals surface area contributed by atoms with Crippen LogP contribution in [0.25, 0.3) is 17.1 Å². The molecule has 4 rings (SSSR count). The molecule has 0 radical (unpaired) electrons. The zero-order chi connectivity index (χ0) is 15.6. The summed E-state index contributed by atoms with van der Waals surface area (Å²) in [5.74, 6) is 1.64. The van der Waals surface area contributed by atoms with Gasteiger partial charge in [-0.3, -0.25) is 4.68 Å². The number of ether oxygens (including phenoxy) is 1. The summed E-state index contributed by atoms with van der Waals surface area (Å²) in [6.07, 6.45) is 8.98. The van der Waals surface area contributed by atoms with Gasteiger partial charge in [0.05, 0.1) is 19.3 Å². The van der Waals surface area contributed by atoms with Crippen molar-refractivity contribution in [3.63, 3.8) is 0 Å². The zero-order valence-corrected chi connectivity index (χ0v) is 13.1. The lowest BCUT2D eigenvalue weighted by molar-refractivity contribution is 0.415. The van der Waals surface area contributed by atoms with E-state index in [1.165, 1.54) is 25.7 Å². The minimum absolute atomic E-state index is 0.535. The van der Waals surface area contributed by atoms with Crippen LogP contribution in [-0.4, -0.2) is 31.9 Å². The summed E-state index contributed by atoms with van der Waals surface area (Å²) in [7, 11) is 1.66. The molecule has 2 aromatic heterocycles. The van der Waals surface area contributed by atoms with Crippen LogP contribution in [0.15, 0.2) is 42.7 Å². The van der Waals surface area contributed by atoms with Crippen molar-refractivity contribution in [2.24, 2.45) is 0 Å². The van der Waals surface area contributed by atoms with Gasteiger partial charge in [-0.25, -0.2) is 0 Å². The molecule has 2 heterocycles. The number of hydrogen-bond acceptors (Lipinski definition) is 4. The summed E-state index contributed by atoms with van der Waals surface area (Å²) < 4.78 is 8.97. The van der Waals surface area contributed by atoms with Gasteiger partial charge in [0.15, 0.2) is 5.82 Å². The maximum Gasteiger partial charge on any atom is 0.176 e. The average molecular weight is 309 g/mol. The molecule has 0 amide bonds. The van der Waals surface area contributed by atoms with E-state index in [9.17, 15) is 0 Å². The van der Waals surface area contributed by atoms with Crippen molar-refractivity contribution in [2.45, 2.75) is 31.7 Å². The first-order valence-corrected chi connectivity index (χ1v) is 7.96. The number of methoxy groups -OCH3 is 1. The molecule has 0 N–H and O–H groups in total. The van der Waals surface area contributed by atoms with Crippen molar-refractivity contribution in [3.8, 4) is 22.8 Å². The molecule has 0 saturated heterocycles. The van der Waals surface area contributed by atoms with E-state index >= 15 is 0 Å². The predicted octanol–water partition coefficient (Wildman–Crippen LogP) is 3.25. The van der Waals surface area contributed by atoms with Crippen LogP contribution < -0.4 is 4.74 Å². The quantitative estimate of drug-likeness (QED) is 0.742. The maximum absolute atomic E-state index is 5.18. The summed E-state index contributed by atoms with van der Waals surface area (Å²) in [6.45, 7) is 0. The zero-order valence-electron chi connectivity index (χ0n) is 13.1. The van der Waals surface area contributed by atoms with Crippen molar-refractivity contribution in [2.75, 3.05) is 7.11 Å². The van der Waals surface area contributed by atoms with Crippen molar-refractivity contribution < 1.29 is 4.74 Å². The van der Waals surface area contributed by atoms with E-state index in [0.717, 1.165) is 22.8 Å². The largest absolute Gasteiger partial charge is 0.497 e. The van der Waals surface area contributed by atoms with Crippen molar-refractivity contribution >= 4 is 0 Å². The molecule has 1 aromatic carbocycles. The summed E-state index contributed by atoms with van der Waals surface area (Å²) >= 11 is 0. The lowest BCUT2D eigenvalue weighted by Crippen LogP contribution is -2.06. The van der Waals surface area contributed by atoms with Crippen LogP contribution in [0, 0.1) is 0 Å². The van der Waals surface area contributed by atoms with Gasteiger partial charge in [0, 0.05) is 17.8 Å². The molecule has 1 saturated carbocycles. The Morgan fingerprint density at radius 3 is 2.61 bits per heavy atom. The second-order valence-electron chi connectivity index (χ2n) is 5.87. The first-order valence-electron chi connectivity index (χ1n) is 7.96. The molecule has 23 heavy (non-hydrogen) atoms. The van der Waals surface area contributed by atoms with Gasteiger partial charge >= 0.3 is 0 Å². The van der Waals surface area contributed by atoms with E-state index in [4.69, 9.17) is 4.74 Å². The second kappa shape index (κ2) is 5.87. The smallest absolute Gasteiger partial charge is 0.176 e. The summed E-state index contributed by atoms with van der Waals surface area (Å²) in [4.78, 5) is 0. The molecule has 0 unspecified atom stereocenters. The minimum Gasteiger partial charge on any atom is -0.497 e. The molecule has 6 nitrogen and oxygen atoms in total. The number of benzene rings is 1. The van der Waals surface area contributed by atoms with E-state index in [1.54, 1.807) is 11.8 Å². The lowest BCUT2D eigenvalue weighted by atomic mass is 10.2. The third kappa shape index (κ3) is 2.72. The van der Waals surface area contributed by atoms with Gasteiger partial charge in [0.2, 0.25) is 0 Å². The van der Waals surface area contributed by atoms with Gasteiger partial charge in [-0.1, -0.05) is 18.1 Å². The summed E-state index contributed by atoms with van der Waals surface area (Å²) in [5.41, 5.74) is 1.83. The highest BCUT2D eigenvalue weighted by molar-refractivity contribution is 5.59. The van der Waals surface area contributed by atoms with Crippen molar-refractivity contribution in [3.05, 3.63) is 42.7 Å². The average Bonchev–Trinajstić information content (AvgIpc) is 3.34. The molecule has 6 heteroatoms. The van der Waals surface area contributed by atoms with Crippen LogP contribution in [0.4, 0.5) is 0 Å². The first-order chi connectivity index (χ1) is 11.3. The Hall–Kier alpha value is -2.63. The normalized spacial score (nSPS) is 15.2. The predicted molar refractivity (Wildman–Crippen MR) is 86.6 cm³/mol. The van der Waals surface area contributed by atoms with E-state index < -0.39 is 0 Å². The van der Waals surface area contributed by atoms with Crippen molar-refractivity contribution in [1.29, 1.82) is 0 Å². The maximum atomic E-state index is 5.18. The highest BCUT2D eigenvalue weighted by Gasteiger charge is 2.18. The standard InChI is InChI=1S/C17H19N5O/c1-23-15-8-6-13(7-9-15)16-12-22(20-18-16)17-10-11-21(19-17)14-4-2-3-5-14/h6-12,14H,2-5H2,1H3. The number of nitrogens with zero attached hydrogens (tertiary/aromatic N) is 5. The highest BCUT2D eigenvalue weighted by atomic mass is 16.5. The van der Waals surface area contributed by atoms with E-state index in [2.05, 4.69) is 20.1 Å². The fraction of sp³-hybridized carbons (Fsp3) is 0.353. The van der Waals surface area contributed by atoms with Gasteiger partial charge in [-0.2, -0.15) is 9.78 Å². The lowest BCUT2D eigenvalue weighted by Gasteiger charge is -2.08. The van der Waals surface area contributed by atoms with Crippen molar-refractivity contribution in [1.82, 2.24) is 24.8 Å². The van der Waals surface area contributed by atoms with E-state index in [1.807, 2.05) is 42.7 Å². The Morgan fingerprint density at radius 2 is 1.87 bits per heavy atom. The van der Waals surface area contributed by atoms with Gasteiger partial charge < -0.3 is 4.74 Å². The third-order valence-electron chi connectivity index (χ3n) is 4.41. The van der Waals surface area contributed by atoms with E-state index in [-0.39, 0.29) is 0 Å². The molecule has 3 aromatic rings. The van der Waals surface area contributed by atoms with Crippen LogP contribution in [-0.2, 0) is 0 Å². The second-order valence-corrected chi connectivity index (χ2v) is 5.87. The Balaban J connectivity index is 1.57. The first kappa shape index (κ1) is 14.0. The fourth-order valence-electron chi connectivity index (χ4n) is 3.09. The van der Waals surface area contributed by atoms with Gasteiger partial charge in [-0.05, 0) is 37.1 Å². The monoisotopic (exact) mass is 309 g/mol. The molecular weight excluding hydrogens is 290 g/mol. The number of aromatic nitrogens is 5. The Kier molecular flexibility index (Phi) is 3.57. The molecular formula is C17H19N5O. The van der Waals surface area contributed by atoms with Gasteiger partial charge in [0.25, 0.3) is 0 Å². The molecule has 0 atom stereocenters. The molecule has 0 bridgehead atoms. The van der Waals surface area contributed by atoms with Crippen LogP contribution in [0.5, 0.6) is 5.75 Å². The van der Waals surface area contributed by atoms with E-state index in [0.29, 0.717) is 6.04 Å². The Bertz CT molecular complexity index is 783. The van der Waals surface area contributed by atoms with Gasteiger partial charge in [0.1, 0.15) is 11.4 Å². The Morgan fingerprint density at radius 1 is 1.09 bits per heavy atom. The number of hydrogen-bond donors (Lipinski definition) is 0. The third-order valence-corrected chi connectivity index (χ3v) is 4.41. The molecule has 1 aliphatic rings. The molecule has 0 aliphatic heterocycles. The van der Waals surface area contributed by atoms with Crippen LogP contribution in [0.3, 0.4) is 0 Å². The highest BCUT2D eigenvalue weighted by Crippen LogP contribution is 2.29. The molecule has 1 fully saturated rings. The minimum atomic E-state index is 0.535. The molecule has 118 valence electrons. The fourth-order valence-corrected chi connectivity index (χ4v) is 3.09. The molecule has 1 aliphatic carbocycles. The van der Waals surface area contributed by atoms with Crippen LogP contribution in [0.2, 0.25) is 0 Å². The van der Waals surface area contributed by atoms with Crippen LogP contribution >= 0.6 is 0 Å². The summed E-state index contributed by atoms with van der Waals surface area (Å²) in [5, 5.41) is 13.1. The number of rotatable bonds is 4.